The van der Waals surface area contributed by atoms with Gasteiger partial charge in [-0.2, -0.15) is 4.98 Å². The van der Waals surface area contributed by atoms with Crippen LogP contribution in [0.1, 0.15) is 32.6 Å². The Hall–Kier alpha value is -4.12. The fourth-order valence-electron chi connectivity index (χ4n) is 3.58. The summed E-state index contributed by atoms with van der Waals surface area (Å²) in [6.45, 7) is 6.20. The molecular formula is C25H25N7O3S. The number of thiazole rings is 1. The lowest BCUT2D eigenvalue weighted by Crippen LogP contribution is -2.16. The summed E-state index contributed by atoms with van der Waals surface area (Å²) < 4.78 is 11.8. The predicted octanol–water partition coefficient (Wildman–Crippen LogP) is 5.22. The first-order chi connectivity index (χ1) is 17.5. The van der Waals surface area contributed by atoms with Crippen molar-refractivity contribution in [3.05, 3.63) is 48.6 Å². The van der Waals surface area contributed by atoms with Crippen LogP contribution in [-0.2, 0) is 4.79 Å². The first kappa shape index (κ1) is 23.6. The third-order valence-corrected chi connectivity index (χ3v) is 6.58. The van der Waals surface area contributed by atoms with Crippen LogP contribution in [0.25, 0.3) is 32.4 Å². The van der Waals surface area contributed by atoms with Gasteiger partial charge in [0.2, 0.25) is 23.5 Å². The second-order valence-corrected chi connectivity index (χ2v) is 9.28. The number of amides is 1. The summed E-state index contributed by atoms with van der Waals surface area (Å²) in [5.41, 5.74) is 1.57. The molecule has 5 aromatic rings. The molecule has 0 bridgehead atoms. The maximum atomic E-state index is 12.6. The highest BCUT2D eigenvalue weighted by molar-refractivity contribution is 7.22. The monoisotopic (exact) mass is 503 g/mol. The van der Waals surface area contributed by atoms with E-state index < -0.39 is 0 Å². The van der Waals surface area contributed by atoms with Gasteiger partial charge in [0.15, 0.2) is 5.13 Å². The lowest BCUT2D eigenvalue weighted by atomic mass is 10.1. The standard InChI is InChI=1S/C25H25N7O3S/c1-4-14(2)34-24-21-19(8-11-28-24)30-25(36-21)31-20(33)9-12-27-23-18-13-17(22-29-15(3)35-32-22)6-5-16(18)7-10-26-23/h5-8,10-11,13-14H,4,9,12H2,1-3H3,(H,26,27)(H,30,31,33). The van der Waals surface area contributed by atoms with Crippen LogP contribution >= 0.6 is 11.3 Å². The van der Waals surface area contributed by atoms with Gasteiger partial charge in [0, 0.05) is 43.2 Å². The van der Waals surface area contributed by atoms with Crippen molar-refractivity contribution in [2.75, 3.05) is 17.2 Å². The number of aryl methyl sites for hydroxylation is 1. The second kappa shape index (κ2) is 10.2. The molecule has 1 atom stereocenters. The summed E-state index contributed by atoms with van der Waals surface area (Å²) in [5, 5.41) is 12.6. The average Bonchev–Trinajstić information content (AvgIpc) is 3.50. The molecule has 36 heavy (non-hydrogen) atoms. The van der Waals surface area contributed by atoms with E-state index in [4.69, 9.17) is 9.26 Å². The average molecular weight is 504 g/mol. The zero-order valence-electron chi connectivity index (χ0n) is 20.1. The molecule has 0 aliphatic rings. The molecule has 10 nitrogen and oxygen atoms in total. The second-order valence-electron chi connectivity index (χ2n) is 8.28. The van der Waals surface area contributed by atoms with Crippen LogP contribution in [-0.4, -0.2) is 43.6 Å². The summed E-state index contributed by atoms with van der Waals surface area (Å²) in [4.78, 5) is 30.2. The largest absolute Gasteiger partial charge is 0.474 e. The number of ether oxygens (including phenoxy) is 1. The van der Waals surface area contributed by atoms with E-state index in [1.54, 1.807) is 19.3 Å². The van der Waals surface area contributed by atoms with Crippen molar-refractivity contribution in [3.63, 3.8) is 0 Å². The van der Waals surface area contributed by atoms with Crippen molar-refractivity contribution in [3.8, 4) is 17.3 Å². The topological polar surface area (TPSA) is 128 Å². The normalized spacial score (nSPS) is 12.1. The Kier molecular flexibility index (Phi) is 6.72. The van der Waals surface area contributed by atoms with E-state index in [1.807, 2.05) is 37.3 Å². The SMILES string of the molecule is CCC(C)Oc1nccc2nc(NC(=O)CCNc3nccc4ccc(-c5noc(C)n5)cc34)sc12. The van der Waals surface area contributed by atoms with Crippen LogP contribution in [0.5, 0.6) is 5.88 Å². The molecule has 0 aliphatic heterocycles. The molecule has 0 saturated heterocycles. The Morgan fingerprint density at radius 1 is 1.17 bits per heavy atom. The van der Waals surface area contributed by atoms with Gasteiger partial charge in [-0.25, -0.2) is 15.0 Å². The van der Waals surface area contributed by atoms with Crippen molar-refractivity contribution in [2.24, 2.45) is 0 Å². The number of carbonyl (C=O) groups excluding carboxylic acids is 1. The van der Waals surface area contributed by atoms with E-state index in [0.29, 0.717) is 35.1 Å². The van der Waals surface area contributed by atoms with E-state index in [1.165, 1.54) is 11.3 Å². The highest BCUT2D eigenvalue weighted by Crippen LogP contribution is 2.33. The number of nitrogens with zero attached hydrogens (tertiary/aromatic N) is 5. The summed E-state index contributed by atoms with van der Waals surface area (Å²) in [6.07, 6.45) is 4.56. The zero-order valence-corrected chi connectivity index (χ0v) is 20.9. The van der Waals surface area contributed by atoms with Crippen LogP contribution in [0.4, 0.5) is 10.9 Å². The van der Waals surface area contributed by atoms with Gasteiger partial charge in [-0.15, -0.1) is 0 Å². The maximum Gasteiger partial charge on any atom is 0.233 e. The Labute approximate surface area is 211 Å². The van der Waals surface area contributed by atoms with Crippen molar-refractivity contribution >= 4 is 49.2 Å². The van der Waals surface area contributed by atoms with E-state index in [-0.39, 0.29) is 18.4 Å². The predicted molar refractivity (Wildman–Crippen MR) is 139 cm³/mol. The molecule has 1 aromatic carbocycles. The lowest BCUT2D eigenvalue weighted by Gasteiger charge is -2.11. The summed E-state index contributed by atoms with van der Waals surface area (Å²) in [7, 11) is 0. The van der Waals surface area contributed by atoms with Gasteiger partial charge in [0.25, 0.3) is 0 Å². The molecule has 1 unspecified atom stereocenters. The highest BCUT2D eigenvalue weighted by Gasteiger charge is 2.14. The zero-order chi connectivity index (χ0) is 25.1. The number of rotatable bonds is 9. The van der Waals surface area contributed by atoms with Crippen molar-refractivity contribution in [1.82, 2.24) is 25.1 Å². The summed E-state index contributed by atoms with van der Waals surface area (Å²) in [6, 6.07) is 9.62. The fourth-order valence-corrected chi connectivity index (χ4v) is 4.49. The van der Waals surface area contributed by atoms with E-state index >= 15 is 0 Å². The number of hydrogen-bond acceptors (Lipinski definition) is 10. The molecule has 0 radical (unpaired) electrons. The summed E-state index contributed by atoms with van der Waals surface area (Å²) in [5.74, 6) is 2.10. The molecular weight excluding hydrogens is 478 g/mol. The molecule has 11 heteroatoms. The van der Waals surface area contributed by atoms with E-state index in [2.05, 4.69) is 42.6 Å². The van der Waals surface area contributed by atoms with Gasteiger partial charge < -0.3 is 19.9 Å². The van der Waals surface area contributed by atoms with Crippen LogP contribution in [0.3, 0.4) is 0 Å². The van der Waals surface area contributed by atoms with E-state index in [9.17, 15) is 4.79 Å². The number of aromatic nitrogens is 5. The van der Waals surface area contributed by atoms with Gasteiger partial charge >= 0.3 is 0 Å². The number of fused-ring (bicyclic) bond motifs is 2. The number of nitrogens with one attached hydrogen (secondary N) is 2. The summed E-state index contributed by atoms with van der Waals surface area (Å²) >= 11 is 1.35. The molecule has 2 N–H and O–H groups in total. The molecule has 0 aliphatic carbocycles. The third kappa shape index (κ3) is 5.10. The Morgan fingerprint density at radius 3 is 2.83 bits per heavy atom. The number of carbonyl (C=O) groups is 1. The molecule has 184 valence electrons. The van der Waals surface area contributed by atoms with Crippen LogP contribution in [0, 0.1) is 6.92 Å². The molecule has 4 heterocycles. The van der Waals surface area contributed by atoms with Gasteiger partial charge in [-0.3, -0.25) is 4.79 Å². The minimum atomic E-state index is -0.151. The van der Waals surface area contributed by atoms with Crippen molar-refractivity contribution in [1.29, 1.82) is 0 Å². The third-order valence-electron chi connectivity index (χ3n) is 5.60. The first-order valence-electron chi connectivity index (χ1n) is 11.7. The molecule has 0 fully saturated rings. The molecule has 5 rings (SSSR count). The molecule has 4 aromatic heterocycles. The minimum Gasteiger partial charge on any atom is -0.474 e. The number of anilines is 2. The quantitative estimate of drug-likeness (QED) is 0.278. The Bertz CT molecular complexity index is 1530. The Morgan fingerprint density at radius 2 is 2.03 bits per heavy atom. The maximum absolute atomic E-state index is 12.6. The molecule has 1 amide bonds. The minimum absolute atomic E-state index is 0.0457. The van der Waals surface area contributed by atoms with Gasteiger partial charge in [0.05, 0.1) is 11.6 Å². The van der Waals surface area contributed by atoms with Gasteiger partial charge in [-0.1, -0.05) is 35.5 Å². The van der Waals surface area contributed by atoms with E-state index in [0.717, 1.165) is 33.0 Å². The lowest BCUT2D eigenvalue weighted by molar-refractivity contribution is -0.115. The van der Waals surface area contributed by atoms with Crippen molar-refractivity contribution < 1.29 is 14.1 Å². The first-order valence-corrected chi connectivity index (χ1v) is 12.5. The Balaban J connectivity index is 1.24. The fraction of sp³-hybridized carbons (Fsp3) is 0.280. The van der Waals surface area contributed by atoms with Gasteiger partial charge in [0.1, 0.15) is 10.5 Å². The number of pyridine rings is 2. The van der Waals surface area contributed by atoms with Crippen LogP contribution in [0.15, 0.2) is 47.2 Å². The van der Waals surface area contributed by atoms with Crippen LogP contribution in [0.2, 0.25) is 0 Å². The van der Waals surface area contributed by atoms with Gasteiger partial charge in [-0.05, 0) is 36.9 Å². The molecule has 0 spiro atoms. The van der Waals surface area contributed by atoms with Crippen LogP contribution < -0.4 is 15.4 Å². The highest BCUT2D eigenvalue weighted by atomic mass is 32.1. The number of hydrogen-bond donors (Lipinski definition) is 2. The van der Waals surface area contributed by atoms with Crippen molar-refractivity contribution in [2.45, 2.75) is 39.7 Å². The smallest absolute Gasteiger partial charge is 0.233 e. The number of benzene rings is 1. The molecule has 0 saturated carbocycles.